The maximum atomic E-state index is 12.3. The molecule has 1 heterocycles. The zero-order chi connectivity index (χ0) is 15.0. The lowest BCUT2D eigenvalue weighted by Gasteiger charge is -2.05. The van der Waals surface area contributed by atoms with Crippen LogP contribution in [0.25, 0.3) is 10.2 Å². The van der Waals surface area contributed by atoms with E-state index in [1.54, 1.807) is 24.3 Å². The molecule has 0 bridgehead atoms. The lowest BCUT2D eigenvalue weighted by Crippen LogP contribution is -2.12. The number of hydrogen-bond acceptors (Lipinski definition) is 4. The molecule has 1 amide bonds. The van der Waals surface area contributed by atoms with Gasteiger partial charge in [0.05, 0.1) is 20.3 Å². The second-order valence-corrected chi connectivity index (χ2v) is 6.55. The van der Waals surface area contributed by atoms with Crippen molar-refractivity contribution in [2.45, 2.75) is 0 Å². The Morgan fingerprint density at radius 3 is 2.95 bits per heavy atom. The molecule has 0 fully saturated rings. The largest absolute Gasteiger partial charge is 0.398 e. The third kappa shape index (κ3) is 2.88. The second kappa shape index (κ2) is 5.63. The highest BCUT2D eigenvalue weighted by Crippen LogP contribution is 2.29. The number of carbonyl (C=O) groups excluding carboxylic acids is 1. The minimum atomic E-state index is -0.265. The summed E-state index contributed by atoms with van der Waals surface area (Å²) in [5, 5.41) is 3.94. The first kappa shape index (κ1) is 14.3. The maximum Gasteiger partial charge on any atom is 0.258 e. The number of halogens is 2. The molecule has 0 saturated heterocycles. The molecule has 0 unspecified atom stereocenters. The highest BCUT2D eigenvalue weighted by Gasteiger charge is 2.14. The van der Waals surface area contributed by atoms with Gasteiger partial charge in [0.15, 0.2) is 5.13 Å². The molecule has 0 radical (unpaired) electrons. The molecule has 7 heteroatoms. The van der Waals surface area contributed by atoms with Gasteiger partial charge in [-0.05, 0) is 46.3 Å². The Kier molecular flexibility index (Phi) is 3.84. The van der Waals surface area contributed by atoms with Gasteiger partial charge in [0.2, 0.25) is 0 Å². The van der Waals surface area contributed by atoms with Crippen molar-refractivity contribution in [3.8, 4) is 0 Å². The summed E-state index contributed by atoms with van der Waals surface area (Å²) in [6.07, 6.45) is 0. The van der Waals surface area contributed by atoms with Crippen LogP contribution in [-0.4, -0.2) is 10.9 Å². The number of thiazole rings is 1. The number of amides is 1. The normalized spacial score (nSPS) is 10.8. The minimum absolute atomic E-state index is 0.265. The first-order chi connectivity index (χ1) is 10.0. The Bertz CT molecular complexity index is 849. The second-order valence-electron chi connectivity index (χ2n) is 4.29. The number of rotatable bonds is 2. The fraction of sp³-hybridized carbons (Fsp3) is 0. The van der Waals surface area contributed by atoms with Gasteiger partial charge in [-0.2, -0.15) is 0 Å². The van der Waals surface area contributed by atoms with E-state index in [4.69, 9.17) is 17.3 Å². The molecule has 21 heavy (non-hydrogen) atoms. The van der Waals surface area contributed by atoms with E-state index >= 15 is 0 Å². The summed E-state index contributed by atoms with van der Waals surface area (Å²) < 4.78 is 1.50. The van der Waals surface area contributed by atoms with Crippen molar-refractivity contribution in [2.75, 3.05) is 11.1 Å². The van der Waals surface area contributed by atoms with Crippen molar-refractivity contribution in [1.82, 2.24) is 4.98 Å². The first-order valence-corrected chi connectivity index (χ1v) is 7.95. The van der Waals surface area contributed by atoms with Crippen molar-refractivity contribution in [3.05, 3.63) is 51.5 Å². The van der Waals surface area contributed by atoms with Gasteiger partial charge in [0.1, 0.15) is 0 Å². The third-order valence-corrected chi connectivity index (χ3v) is 4.90. The predicted octanol–water partition coefficient (Wildman–Crippen LogP) is 4.55. The SMILES string of the molecule is Nc1cccc(C(=O)Nc2nc3ccc(Cl)cc3s2)c1Br. The number of nitrogen functional groups attached to an aromatic ring is 1. The van der Waals surface area contributed by atoms with Crippen LogP contribution in [-0.2, 0) is 0 Å². The van der Waals surface area contributed by atoms with Crippen LogP contribution in [0.15, 0.2) is 40.9 Å². The van der Waals surface area contributed by atoms with E-state index in [0.717, 1.165) is 10.2 Å². The number of nitrogens with one attached hydrogen (secondary N) is 1. The van der Waals surface area contributed by atoms with E-state index in [1.165, 1.54) is 11.3 Å². The van der Waals surface area contributed by atoms with Crippen molar-refractivity contribution in [2.24, 2.45) is 0 Å². The molecule has 0 aliphatic heterocycles. The quantitative estimate of drug-likeness (QED) is 0.639. The van der Waals surface area contributed by atoms with Crippen molar-refractivity contribution < 1.29 is 4.79 Å². The Hall–Kier alpha value is -1.63. The van der Waals surface area contributed by atoms with Crippen LogP contribution in [0.1, 0.15) is 10.4 Å². The summed E-state index contributed by atoms with van der Waals surface area (Å²) >= 11 is 10.6. The van der Waals surface area contributed by atoms with E-state index in [1.807, 2.05) is 12.1 Å². The van der Waals surface area contributed by atoms with E-state index in [2.05, 4.69) is 26.2 Å². The van der Waals surface area contributed by atoms with Gasteiger partial charge >= 0.3 is 0 Å². The lowest BCUT2D eigenvalue weighted by molar-refractivity contribution is 0.102. The molecule has 3 aromatic rings. The molecule has 2 aromatic carbocycles. The number of nitrogens with zero attached hydrogens (tertiary/aromatic N) is 1. The smallest absolute Gasteiger partial charge is 0.258 e. The molecule has 3 N–H and O–H groups in total. The zero-order valence-corrected chi connectivity index (χ0v) is 13.7. The van der Waals surface area contributed by atoms with Gasteiger partial charge in [0.25, 0.3) is 5.91 Å². The number of nitrogens with two attached hydrogens (primary N) is 1. The molecule has 1 aromatic heterocycles. The predicted molar refractivity (Wildman–Crippen MR) is 91.1 cm³/mol. The maximum absolute atomic E-state index is 12.3. The van der Waals surface area contributed by atoms with E-state index in [9.17, 15) is 4.79 Å². The van der Waals surface area contributed by atoms with Crippen LogP contribution in [0, 0.1) is 0 Å². The minimum Gasteiger partial charge on any atom is -0.398 e. The Labute approximate surface area is 138 Å². The first-order valence-electron chi connectivity index (χ1n) is 5.96. The monoisotopic (exact) mass is 381 g/mol. The average Bonchev–Trinajstić information content (AvgIpc) is 2.83. The molecule has 4 nitrogen and oxygen atoms in total. The van der Waals surface area contributed by atoms with Crippen molar-refractivity contribution in [3.63, 3.8) is 0 Å². The van der Waals surface area contributed by atoms with Gasteiger partial charge in [-0.1, -0.05) is 29.0 Å². The summed E-state index contributed by atoms with van der Waals surface area (Å²) in [5.74, 6) is -0.265. The standard InChI is InChI=1S/C14H9BrClN3OS/c15-12-8(2-1-3-9(12)17)13(20)19-14-18-10-5-4-7(16)6-11(10)21-14/h1-6H,17H2,(H,18,19,20). The summed E-state index contributed by atoms with van der Waals surface area (Å²) in [4.78, 5) is 16.6. The molecule has 0 aliphatic rings. The molecular weight excluding hydrogens is 374 g/mol. The van der Waals surface area contributed by atoms with Crippen molar-refractivity contribution in [1.29, 1.82) is 0 Å². The Morgan fingerprint density at radius 2 is 2.14 bits per heavy atom. The Morgan fingerprint density at radius 1 is 1.33 bits per heavy atom. The fourth-order valence-electron chi connectivity index (χ4n) is 1.84. The number of benzene rings is 2. The highest BCUT2D eigenvalue weighted by molar-refractivity contribution is 9.10. The van der Waals surface area contributed by atoms with Gasteiger partial charge in [-0.25, -0.2) is 4.98 Å². The summed E-state index contributed by atoms with van der Waals surface area (Å²) in [7, 11) is 0. The number of anilines is 2. The van der Waals surface area contributed by atoms with Crippen LogP contribution >= 0.6 is 38.9 Å². The number of fused-ring (bicyclic) bond motifs is 1. The summed E-state index contributed by atoms with van der Waals surface area (Å²) in [6, 6.07) is 10.6. The van der Waals surface area contributed by atoms with Gasteiger partial charge in [-0.15, -0.1) is 0 Å². The number of aromatic nitrogens is 1. The van der Waals surface area contributed by atoms with Crippen LogP contribution in [0.3, 0.4) is 0 Å². The molecule has 0 spiro atoms. The van der Waals surface area contributed by atoms with Crippen LogP contribution in [0.4, 0.5) is 10.8 Å². The van der Waals surface area contributed by atoms with E-state index in [-0.39, 0.29) is 5.91 Å². The topological polar surface area (TPSA) is 68.0 Å². The number of hydrogen-bond donors (Lipinski definition) is 2. The van der Waals surface area contributed by atoms with Crippen LogP contribution in [0.2, 0.25) is 5.02 Å². The van der Waals surface area contributed by atoms with Crippen LogP contribution < -0.4 is 11.1 Å². The fourth-order valence-corrected chi connectivity index (χ4v) is 3.42. The Balaban J connectivity index is 1.91. The average molecular weight is 383 g/mol. The molecular formula is C14H9BrClN3OS. The van der Waals surface area contributed by atoms with Crippen LogP contribution in [0.5, 0.6) is 0 Å². The van der Waals surface area contributed by atoms with Gasteiger partial charge in [0, 0.05) is 10.7 Å². The van der Waals surface area contributed by atoms with Gasteiger partial charge < -0.3 is 5.73 Å². The highest BCUT2D eigenvalue weighted by atomic mass is 79.9. The summed E-state index contributed by atoms with van der Waals surface area (Å²) in [5.41, 5.74) is 7.55. The number of carbonyl (C=O) groups is 1. The molecule has 3 rings (SSSR count). The zero-order valence-electron chi connectivity index (χ0n) is 10.6. The third-order valence-electron chi connectivity index (χ3n) is 2.84. The molecule has 0 atom stereocenters. The van der Waals surface area contributed by atoms with E-state index in [0.29, 0.717) is 25.9 Å². The lowest BCUT2D eigenvalue weighted by atomic mass is 10.2. The van der Waals surface area contributed by atoms with Gasteiger partial charge in [-0.3, -0.25) is 10.1 Å². The van der Waals surface area contributed by atoms with Crippen molar-refractivity contribution >= 4 is 65.8 Å². The molecule has 0 saturated carbocycles. The molecule has 106 valence electrons. The molecule has 0 aliphatic carbocycles. The van der Waals surface area contributed by atoms with E-state index < -0.39 is 0 Å². The summed E-state index contributed by atoms with van der Waals surface area (Å²) in [6.45, 7) is 0.